The summed E-state index contributed by atoms with van der Waals surface area (Å²) < 4.78 is 0. The summed E-state index contributed by atoms with van der Waals surface area (Å²) in [5.74, 6) is -1.29. The SMILES string of the molecule is CC1=CN=NC1(C)C(O)C(=O)O.Cc1cn[nH]c1C. The molecule has 2 atom stereocenters. The molecule has 3 N–H and O–H groups in total. The zero-order valence-corrected chi connectivity index (χ0v) is 11.4. The van der Waals surface area contributed by atoms with Gasteiger partial charge in [0.2, 0.25) is 0 Å². The van der Waals surface area contributed by atoms with Crippen LogP contribution in [0.4, 0.5) is 0 Å². The first kappa shape index (κ1) is 15.0. The lowest BCUT2D eigenvalue weighted by atomic mass is 9.89. The number of carboxylic acids is 1. The van der Waals surface area contributed by atoms with Crippen molar-refractivity contribution in [3.8, 4) is 0 Å². The number of aliphatic carboxylic acids is 1. The van der Waals surface area contributed by atoms with E-state index in [0.717, 1.165) is 5.69 Å². The number of carboxylic acid groups (broad SMARTS) is 1. The maximum Gasteiger partial charge on any atom is 0.335 e. The standard InChI is InChI=1S/C7H10N2O3.C5H8N2/c1-4-3-8-9-7(4,2)5(10)6(11)12;1-4-3-6-7-5(4)2/h3,5,10H,1-2H3,(H,11,12);3H,1-2H3,(H,6,7). The number of H-pyrrole nitrogens is 1. The van der Waals surface area contributed by atoms with Gasteiger partial charge < -0.3 is 10.2 Å². The van der Waals surface area contributed by atoms with Gasteiger partial charge in [0, 0.05) is 5.69 Å². The van der Waals surface area contributed by atoms with Crippen molar-refractivity contribution in [1.29, 1.82) is 0 Å². The Bertz CT molecular complexity index is 504. The Hall–Kier alpha value is -2.02. The summed E-state index contributed by atoms with van der Waals surface area (Å²) in [6.45, 7) is 7.25. The molecule has 0 bridgehead atoms. The van der Waals surface area contributed by atoms with Crippen molar-refractivity contribution < 1.29 is 15.0 Å². The summed E-state index contributed by atoms with van der Waals surface area (Å²) in [4.78, 5) is 10.5. The molecule has 0 saturated carbocycles. The number of aromatic nitrogens is 2. The van der Waals surface area contributed by atoms with E-state index in [9.17, 15) is 9.90 Å². The van der Waals surface area contributed by atoms with E-state index in [-0.39, 0.29) is 0 Å². The van der Waals surface area contributed by atoms with Gasteiger partial charge in [-0.15, -0.1) is 0 Å². The maximum absolute atomic E-state index is 10.5. The molecule has 2 rings (SSSR count). The molecule has 19 heavy (non-hydrogen) atoms. The van der Waals surface area contributed by atoms with Crippen LogP contribution in [0.25, 0.3) is 0 Å². The van der Waals surface area contributed by atoms with Crippen molar-refractivity contribution in [2.24, 2.45) is 10.2 Å². The predicted molar refractivity (Wildman–Crippen MR) is 68.7 cm³/mol. The van der Waals surface area contributed by atoms with Crippen molar-refractivity contribution in [1.82, 2.24) is 10.2 Å². The Morgan fingerprint density at radius 3 is 2.32 bits per heavy atom. The highest BCUT2D eigenvalue weighted by Gasteiger charge is 2.41. The Morgan fingerprint density at radius 2 is 2.05 bits per heavy atom. The molecule has 104 valence electrons. The van der Waals surface area contributed by atoms with E-state index >= 15 is 0 Å². The van der Waals surface area contributed by atoms with Gasteiger partial charge in [-0.25, -0.2) is 4.79 Å². The van der Waals surface area contributed by atoms with Crippen LogP contribution in [0.15, 0.2) is 28.2 Å². The summed E-state index contributed by atoms with van der Waals surface area (Å²) in [5.41, 5.74) is 1.93. The molecule has 0 saturated heterocycles. The molecule has 2 heterocycles. The number of nitrogens with one attached hydrogen (secondary N) is 1. The summed E-state index contributed by atoms with van der Waals surface area (Å²) in [6, 6.07) is 0. The molecule has 1 aromatic rings. The lowest BCUT2D eigenvalue weighted by Crippen LogP contribution is -2.42. The molecule has 0 radical (unpaired) electrons. The Morgan fingerprint density at radius 1 is 1.42 bits per heavy atom. The van der Waals surface area contributed by atoms with Crippen LogP contribution < -0.4 is 0 Å². The Balaban J connectivity index is 0.000000218. The van der Waals surface area contributed by atoms with Crippen molar-refractivity contribution in [3.63, 3.8) is 0 Å². The molecule has 0 spiro atoms. The van der Waals surface area contributed by atoms with Crippen LogP contribution in [0, 0.1) is 13.8 Å². The van der Waals surface area contributed by atoms with Crippen LogP contribution in [0.1, 0.15) is 25.1 Å². The van der Waals surface area contributed by atoms with Crippen molar-refractivity contribution in [2.75, 3.05) is 0 Å². The fourth-order valence-electron chi connectivity index (χ4n) is 1.37. The van der Waals surface area contributed by atoms with Gasteiger partial charge in [0.1, 0.15) is 5.54 Å². The van der Waals surface area contributed by atoms with E-state index in [2.05, 4.69) is 20.4 Å². The quantitative estimate of drug-likeness (QED) is 0.754. The molecule has 0 aromatic carbocycles. The van der Waals surface area contributed by atoms with Gasteiger partial charge in [-0.3, -0.25) is 5.10 Å². The summed E-state index contributed by atoms with van der Waals surface area (Å²) >= 11 is 0. The predicted octanol–water partition coefficient (Wildman–Crippen LogP) is 1.59. The van der Waals surface area contributed by atoms with Crippen LogP contribution in [-0.4, -0.2) is 38.0 Å². The second kappa shape index (κ2) is 5.75. The average Bonchev–Trinajstić information content (AvgIpc) is 2.88. The molecule has 0 fully saturated rings. The smallest absolute Gasteiger partial charge is 0.335 e. The first-order valence-electron chi connectivity index (χ1n) is 5.75. The van der Waals surface area contributed by atoms with E-state index in [1.807, 2.05) is 20.0 Å². The third kappa shape index (κ3) is 3.25. The van der Waals surface area contributed by atoms with Gasteiger partial charge in [0.05, 0.1) is 12.4 Å². The summed E-state index contributed by atoms with van der Waals surface area (Å²) in [6.07, 6.45) is 1.74. The molecular weight excluding hydrogens is 248 g/mol. The number of carbonyl (C=O) groups is 1. The molecule has 7 nitrogen and oxygen atoms in total. The number of rotatable bonds is 2. The van der Waals surface area contributed by atoms with Gasteiger partial charge in [0.25, 0.3) is 0 Å². The lowest BCUT2D eigenvalue weighted by Gasteiger charge is -2.23. The summed E-state index contributed by atoms with van der Waals surface area (Å²) in [7, 11) is 0. The first-order chi connectivity index (χ1) is 8.79. The van der Waals surface area contributed by atoms with Crippen molar-refractivity contribution in [2.45, 2.75) is 39.3 Å². The highest BCUT2D eigenvalue weighted by Crippen LogP contribution is 2.30. The maximum atomic E-state index is 10.5. The zero-order valence-electron chi connectivity index (χ0n) is 11.4. The highest BCUT2D eigenvalue weighted by molar-refractivity contribution is 5.75. The topological polar surface area (TPSA) is 111 Å². The van der Waals surface area contributed by atoms with E-state index in [4.69, 9.17) is 5.11 Å². The fraction of sp³-hybridized carbons (Fsp3) is 0.500. The number of azo groups is 1. The highest BCUT2D eigenvalue weighted by atomic mass is 16.4. The molecule has 0 amide bonds. The third-order valence-electron chi connectivity index (χ3n) is 3.16. The van der Waals surface area contributed by atoms with E-state index in [0.29, 0.717) is 5.57 Å². The van der Waals surface area contributed by atoms with Crippen LogP contribution >= 0.6 is 0 Å². The lowest BCUT2D eigenvalue weighted by molar-refractivity contribution is -0.149. The van der Waals surface area contributed by atoms with Gasteiger partial charge in [0.15, 0.2) is 6.10 Å². The minimum atomic E-state index is -1.53. The number of nitrogens with zero attached hydrogens (tertiary/aromatic N) is 3. The molecule has 7 heteroatoms. The molecule has 1 aliphatic heterocycles. The Kier molecular flexibility index (Phi) is 4.55. The number of hydrogen-bond acceptors (Lipinski definition) is 5. The van der Waals surface area contributed by atoms with Gasteiger partial charge in [-0.2, -0.15) is 15.3 Å². The molecule has 2 unspecified atom stereocenters. The number of aliphatic hydroxyl groups excluding tert-OH is 1. The van der Waals surface area contributed by atoms with E-state index < -0.39 is 17.6 Å². The second-order valence-corrected chi connectivity index (χ2v) is 4.59. The van der Waals surface area contributed by atoms with Crippen LogP contribution in [0.2, 0.25) is 0 Å². The largest absolute Gasteiger partial charge is 0.479 e. The van der Waals surface area contributed by atoms with Crippen LogP contribution in [-0.2, 0) is 4.79 Å². The number of aryl methyl sites for hydroxylation is 2. The zero-order chi connectivity index (χ0) is 14.6. The number of hydrogen-bond donors (Lipinski definition) is 3. The normalized spacial score (nSPS) is 22.5. The molecule has 1 aromatic heterocycles. The fourth-order valence-corrected chi connectivity index (χ4v) is 1.37. The minimum absolute atomic E-state index is 0.650. The second-order valence-electron chi connectivity index (χ2n) is 4.59. The van der Waals surface area contributed by atoms with E-state index in [1.165, 1.54) is 18.7 Å². The average molecular weight is 266 g/mol. The molecular formula is C12H18N4O3. The number of aromatic amines is 1. The first-order valence-corrected chi connectivity index (χ1v) is 5.75. The van der Waals surface area contributed by atoms with Gasteiger partial charge >= 0.3 is 5.97 Å². The summed E-state index contributed by atoms with van der Waals surface area (Å²) in [5, 5.41) is 31.7. The van der Waals surface area contributed by atoms with Gasteiger partial charge in [-0.1, -0.05) is 0 Å². The Labute approximate surface area is 111 Å². The third-order valence-corrected chi connectivity index (χ3v) is 3.16. The number of aliphatic hydroxyl groups is 1. The monoisotopic (exact) mass is 266 g/mol. The van der Waals surface area contributed by atoms with Crippen LogP contribution in [0.5, 0.6) is 0 Å². The van der Waals surface area contributed by atoms with Crippen LogP contribution in [0.3, 0.4) is 0 Å². The molecule has 1 aliphatic rings. The van der Waals surface area contributed by atoms with Gasteiger partial charge in [-0.05, 0) is 38.8 Å². The van der Waals surface area contributed by atoms with E-state index in [1.54, 1.807) is 6.92 Å². The molecule has 0 aliphatic carbocycles. The van der Waals surface area contributed by atoms with Crippen molar-refractivity contribution >= 4 is 5.97 Å². The minimum Gasteiger partial charge on any atom is -0.479 e. The van der Waals surface area contributed by atoms with Crippen molar-refractivity contribution in [3.05, 3.63) is 29.2 Å².